The molecule has 0 radical (unpaired) electrons. The predicted molar refractivity (Wildman–Crippen MR) is 92.7 cm³/mol. The Labute approximate surface area is 146 Å². The smallest absolute Gasteiger partial charge is 0.254 e. The zero-order valence-corrected chi connectivity index (χ0v) is 14.2. The minimum Gasteiger partial charge on any atom is -0.348 e. The normalized spacial score (nSPS) is 14.8. The molecule has 2 N–H and O–H groups in total. The third kappa shape index (κ3) is 4.13. The van der Waals surface area contributed by atoms with Gasteiger partial charge in [0.2, 0.25) is 0 Å². The lowest BCUT2D eigenvalue weighted by atomic mass is 10.1. The van der Waals surface area contributed by atoms with E-state index in [0.29, 0.717) is 6.54 Å². The first-order chi connectivity index (χ1) is 11.6. The minimum atomic E-state index is -0.602. The van der Waals surface area contributed by atoms with Crippen LogP contribution in [0, 0.1) is 5.82 Å². The maximum absolute atomic E-state index is 13.8. The fourth-order valence-electron chi connectivity index (χ4n) is 3.17. The molecule has 0 spiro atoms. The second-order valence-corrected chi connectivity index (χ2v) is 6.65. The van der Waals surface area contributed by atoms with Crippen LogP contribution >= 0.6 is 11.6 Å². The maximum Gasteiger partial charge on any atom is 0.254 e. The third-order valence-corrected chi connectivity index (χ3v) is 4.72. The Balaban J connectivity index is 1.66. The molecule has 5 heteroatoms. The van der Waals surface area contributed by atoms with Crippen molar-refractivity contribution in [2.24, 2.45) is 0 Å². The van der Waals surface area contributed by atoms with E-state index in [2.05, 4.69) is 11.4 Å². The van der Waals surface area contributed by atoms with Gasteiger partial charge in [-0.05, 0) is 23.8 Å². The molecule has 1 amide bonds. The van der Waals surface area contributed by atoms with Crippen molar-refractivity contribution in [1.29, 1.82) is 0 Å². The average Bonchev–Trinajstić information content (AvgIpc) is 3.07. The molecule has 2 aromatic rings. The Morgan fingerprint density at radius 1 is 1.12 bits per heavy atom. The molecule has 1 saturated heterocycles. The van der Waals surface area contributed by atoms with Crippen LogP contribution in [-0.2, 0) is 13.1 Å². The van der Waals surface area contributed by atoms with Crippen molar-refractivity contribution < 1.29 is 14.1 Å². The van der Waals surface area contributed by atoms with E-state index in [9.17, 15) is 9.18 Å². The summed E-state index contributed by atoms with van der Waals surface area (Å²) in [5.41, 5.74) is 2.34. The van der Waals surface area contributed by atoms with Crippen LogP contribution in [0.3, 0.4) is 0 Å². The van der Waals surface area contributed by atoms with E-state index in [-0.39, 0.29) is 10.6 Å². The third-order valence-electron chi connectivity index (χ3n) is 4.48. The number of hydrogen-bond donors (Lipinski definition) is 2. The highest BCUT2D eigenvalue weighted by molar-refractivity contribution is 6.30. The second kappa shape index (κ2) is 7.77. The molecule has 0 bridgehead atoms. The summed E-state index contributed by atoms with van der Waals surface area (Å²) in [5.74, 6) is -1.03. The average molecular weight is 348 g/mol. The fourth-order valence-corrected chi connectivity index (χ4v) is 3.33. The molecule has 3 rings (SSSR count). The summed E-state index contributed by atoms with van der Waals surface area (Å²) in [4.78, 5) is 13.8. The lowest BCUT2D eigenvalue weighted by molar-refractivity contribution is -0.901. The Kier molecular flexibility index (Phi) is 5.48. The standard InChI is InChI=1S/C19H20ClFN2O/c20-16-7-8-17(18(21)11-16)19(24)22-12-14-5-1-2-6-15(14)13-23-9-3-4-10-23/h1-2,5-8,11H,3-4,9-10,12-13H2,(H,22,24)/p+1. The monoisotopic (exact) mass is 347 g/mol. The van der Waals surface area contributed by atoms with Crippen LogP contribution in [0.5, 0.6) is 0 Å². The quantitative estimate of drug-likeness (QED) is 0.856. The second-order valence-electron chi connectivity index (χ2n) is 6.21. The van der Waals surface area contributed by atoms with E-state index >= 15 is 0 Å². The molecule has 0 aromatic heterocycles. The van der Waals surface area contributed by atoms with Crippen LogP contribution in [0.25, 0.3) is 0 Å². The largest absolute Gasteiger partial charge is 0.348 e. The first kappa shape index (κ1) is 16.9. The molecule has 3 nitrogen and oxygen atoms in total. The van der Waals surface area contributed by atoms with Crippen LogP contribution in [0.1, 0.15) is 34.3 Å². The number of benzene rings is 2. The Morgan fingerprint density at radius 3 is 2.54 bits per heavy atom. The number of carbonyl (C=O) groups excluding carboxylic acids is 1. The van der Waals surface area contributed by atoms with E-state index in [0.717, 1.165) is 18.2 Å². The summed E-state index contributed by atoms with van der Waals surface area (Å²) in [6.07, 6.45) is 2.56. The van der Waals surface area contributed by atoms with Gasteiger partial charge in [0.05, 0.1) is 18.7 Å². The van der Waals surface area contributed by atoms with Crippen molar-refractivity contribution >= 4 is 17.5 Å². The van der Waals surface area contributed by atoms with Gasteiger partial charge in [-0.1, -0.05) is 35.9 Å². The summed E-state index contributed by atoms with van der Waals surface area (Å²) in [5, 5.41) is 3.09. The summed E-state index contributed by atoms with van der Waals surface area (Å²) < 4.78 is 13.8. The minimum absolute atomic E-state index is 0.0158. The van der Waals surface area contributed by atoms with Gasteiger partial charge in [0, 0.05) is 30.0 Å². The van der Waals surface area contributed by atoms with Crippen LogP contribution in [0.2, 0.25) is 5.02 Å². The summed E-state index contributed by atoms with van der Waals surface area (Å²) in [6, 6.07) is 12.2. The number of rotatable bonds is 5. The van der Waals surface area contributed by atoms with Crippen molar-refractivity contribution in [3.05, 3.63) is 70.0 Å². The van der Waals surface area contributed by atoms with Crippen molar-refractivity contribution in [2.75, 3.05) is 13.1 Å². The van der Waals surface area contributed by atoms with E-state index in [1.54, 1.807) is 4.90 Å². The number of hydrogen-bond acceptors (Lipinski definition) is 1. The Bertz CT molecular complexity index is 729. The van der Waals surface area contributed by atoms with Crippen LogP contribution in [-0.4, -0.2) is 19.0 Å². The van der Waals surface area contributed by atoms with Gasteiger partial charge in [0.15, 0.2) is 0 Å². The maximum atomic E-state index is 13.8. The van der Waals surface area contributed by atoms with Crippen molar-refractivity contribution in [3.8, 4) is 0 Å². The molecule has 1 aliphatic heterocycles. The molecular weight excluding hydrogens is 327 g/mol. The number of amides is 1. The van der Waals surface area contributed by atoms with Gasteiger partial charge in [-0.15, -0.1) is 0 Å². The topological polar surface area (TPSA) is 33.5 Å². The number of nitrogens with one attached hydrogen (secondary N) is 2. The molecule has 0 unspecified atom stereocenters. The van der Waals surface area contributed by atoms with E-state index in [1.807, 2.05) is 18.2 Å². The van der Waals surface area contributed by atoms with Crippen LogP contribution in [0.4, 0.5) is 4.39 Å². The SMILES string of the molecule is O=C(NCc1ccccc1C[NH+]1CCCC1)c1ccc(Cl)cc1F. The summed E-state index contributed by atoms with van der Waals surface area (Å²) >= 11 is 5.72. The predicted octanol–water partition coefficient (Wildman–Crippen LogP) is 2.59. The molecular formula is C19H21ClFN2O+. The zero-order valence-electron chi connectivity index (χ0n) is 13.4. The zero-order chi connectivity index (χ0) is 16.9. The molecule has 1 heterocycles. The number of likely N-dealkylation sites (tertiary alicyclic amines) is 1. The van der Waals surface area contributed by atoms with Gasteiger partial charge in [-0.2, -0.15) is 0 Å². The van der Waals surface area contributed by atoms with Crippen molar-refractivity contribution in [2.45, 2.75) is 25.9 Å². The number of carbonyl (C=O) groups is 1. The van der Waals surface area contributed by atoms with E-state index < -0.39 is 11.7 Å². The van der Waals surface area contributed by atoms with E-state index in [1.165, 1.54) is 43.6 Å². The van der Waals surface area contributed by atoms with Gasteiger partial charge >= 0.3 is 0 Å². The summed E-state index contributed by atoms with van der Waals surface area (Å²) in [7, 11) is 0. The van der Waals surface area contributed by atoms with Crippen LogP contribution in [0.15, 0.2) is 42.5 Å². The highest BCUT2D eigenvalue weighted by Crippen LogP contribution is 2.15. The lowest BCUT2D eigenvalue weighted by Crippen LogP contribution is -3.08. The molecule has 1 aliphatic rings. The highest BCUT2D eigenvalue weighted by atomic mass is 35.5. The van der Waals surface area contributed by atoms with E-state index in [4.69, 9.17) is 11.6 Å². The first-order valence-corrected chi connectivity index (χ1v) is 8.65. The van der Waals surface area contributed by atoms with Gasteiger partial charge in [-0.25, -0.2) is 4.39 Å². The molecule has 0 saturated carbocycles. The highest BCUT2D eigenvalue weighted by Gasteiger charge is 2.18. The van der Waals surface area contributed by atoms with Gasteiger partial charge in [0.1, 0.15) is 12.4 Å². The van der Waals surface area contributed by atoms with Crippen molar-refractivity contribution in [1.82, 2.24) is 5.32 Å². The molecule has 2 aromatic carbocycles. The Morgan fingerprint density at radius 2 is 1.83 bits per heavy atom. The Hall–Kier alpha value is -1.91. The molecule has 1 fully saturated rings. The first-order valence-electron chi connectivity index (χ1n) is 8.27. The molecule has 126 valence electrons. The molecule has 24 heavy (non-hydrogen) atoms. The van der Waals surface area contributed by atoms with Gasteiger partial charge in [0.25, 0.3) is 5.91 Å². The van der Waals surface area contributed by atoms with Crippen molar-refractivity contribution in [3.63, 3.8) is 0 Å². The van der Waals surface area contributed by atoms with Crippen LogP contribution < -0.4 is 10.2 Å². The lowest BCUT2D eigenvalue weighted by Gasteiger charge is -2.15. The summed E-state index contributed by atoms with van der Waals surface area (Å²) in [6.45, 7) is 3.78. The van der Waals surface area contributed by atoms with Gasteiger partial charge in [-0.3, -0.25) is 4.79 Å². The number of halogens is 2. The van der Waals surface area contributed by atoms with Gasteiger partial charge < -0.3 is 10.2 Å². The molecule has 0 aliphatic carbocycles. The number of quaternary nitrogens is 1. The fraction of sp³-hybridized carbons (Fsp3) is 0.316. The molecule has 0 atom stereocenters.